The van der Waals surface area contributed by atoms with Crippen LogP contribution in [0.15, 0.2) is 11.6 Å². The molecule has 6 heteroatoms. The number of hydrogen-bond donors (Lipinski definition) is 1. The number of nitrogens with zero attached hydrogens (tertiary/aromatic N) is 1. The van der Waals surface area contributed by atoms with Crippen molar-refractivity contribution in [3.05, 3.63) is 11.6 Å². The average molecular weight is 911 g/mol. The first kappa shape index (κ1) is 56.2. The van der Waals surface area contributed by atoms with Gasteiger partial charge in [0, 0.05) is 25.9 Å². The molecule has 0 bridgehead atoms. The van der Waals surface area contributed by atoms with Crippen LogP contribution in [-0.4, -0.2) is 60.9 Å². The minimum Gasteiger partial charge on any atom is -0.466 e. The molecule has 4 aliphatic carbocycles. The highest BCUT2D eigenvalue weighted by Crippen LogP contribution is 2.67. The molecule has 0 aliphatic heterocycles. The number of aliphatic hydroxyl groups is 1. The molecule has 0 radical (unpaired) electrons. The van der Waals surface area contributed by atoms with Gasteiger partial charge in [-0.1, -0.05) is 169 Å². The first-order valence-corrected chi connectivity index (χ1v) is 28.9. The highest BCUT2D eigenvalue weighted by Gasteiger charge is 2.59. The van der Waals surface area contributed by atoms with Crippen LogP contribution in [-0.2, 0) is 19.1 Å². The van der Waals surface area contributed by atoms with Crippen molar-refractivity contribution in [3.8, 4) is 0 Å². The van der Waals surface area contributed by atoms with Crippen molar-refractivity contribution in [1.29, 1.82) is 0 Å². The van der Waals surface area contributed by atoms with Crippen molar-refractivity contribution in [1.82, 2.24) is 4.90 Å². The number of aliphatic hydroxyl groups excluding tert-OH is 1. The third kappa shape index (κ3) is 19.5. The van der Waals surface area contributed by atoms with Crippen molar-refractivity contribution >= 4 is 11.9 Å². The van der Waals surface area contributed by atoms with Crippen LogP contribution in [0.25, 0.3) is 0 Å². The molecular formula is C59H107NO5. The highest BCUT2D eigenvalue weighted by molar-refractivity contribution is 5.69. The lowest BCUT2D eigenvalue weighted by Crippen LogP contribution is -2.51. The van der Waals surface area contributed by atoms with Gasteiger partial charge in [0.2, 0.25) is 0 Å². The molecule has 378 valence electrons. The second-order valence-electron chi connectivity index (χ2n) is 23.4. The molecule has 3 fully saturated rings. The third-order valence-electron chi connectivity index (χ3n) is 17.9. The van der Waals surface area contributed by atoms with Crippen LogP contribution in [0.5, 0.6) is 0 Å². The summed E-state index contributed by atoms with van der Waals surface area (Å²) in [5.74, 6) is 5.08. The first-order valence-electron chi connectivity index (χ1n) is 28.9. The number of ether oxygens (including phenoxy) is 2. The fourth-order valence-corrected chi connectivity index (χ4v) is 13.9. The fraction of sp³-hybridized carbons (Fsp3) is 0.932. The molecule has 0 aromatic carbocycles. The molecule has 0 amide bonds. The van der Waals surface area contributed by atoms with Gasteiger partial charge in [0.1, 0.15) is 6.10 Å². The van der Waals surface area contributed by atoms with E-state index in [0.29, 0.717) is 24.9 Å². The fourth-order valence-electron chi connectivity index (χ4n) is 13.9. The Morgan fingerprint density at radius 2 is 1.25 bits per heavy atom. The Bertz CT molecular complexity index is 1310. The van der Waals surface area contributed by atoms with Gasteiger partial charge in [-0.2, -0.15) is 0 Å². The monoisotopic (exact) mass is 910 g/mol. The van der Waals surface area contributed by atoms with Gasteiger partial charge < -0.3 is 19.5 Å². The Balaban J connectivity index is 1.03. The van der Waals surface area contributed by atoms with Gasteiger partial charge in [-0.25, -0.2) is 0 Å². The number of esters is 2. The van der Waals surface area contributed by atoms with Crippen LogP contribution >= 0.6 is 0 Å². The van der Waals surface area contributed by atoms with Gasteiger partial charge in [0.05, 0.1) is 6.61 Å². The lowest BCUT2D eigenvalue weighted by atomic mass is 9.47. The van der Waals surface area contributed by atoms with Crippen LogP contribution in [0.4, 0.5) is 0 Å². The summed E-state index contributed by atoms with van der Waals surface area (Å²) in [5, 5.41) is 9.38. The zero-order chi connectivity index (χ0) is 46.8. The largest absolute Gasteiger partial charge is 0.466 e. The van der Waals surface area contributed by atoms with E-state index in [1.54, 1.807) is 5.57 Å². The second kappa shape index (κ2) is 31.7. The maximum Gasteiger partial charge on any atom is 0.306 e. The molecule has 0 aromatic heterocycles. The number of allylic oxidation sites excluding steroid dienone is 1. The number of hydrogen-bond acceptors (Lipinski definition) is 6. The van der Waals surface area contributed by atoms with E-state index in [9.17, 15) is 14.7 Å². The molecule has 8 atom stereocenters. The third-order valence-corrected chi connectivity index (χ3v) is 17.9. The number of unbranched alkanes of at least 4 members (excludes halogenated alkanes) is 18. The zero-order valence-electron chi connectivity index (χ0n) is 43.9. The minimum atomic E-state index is -0.0268. The second-order valence-corrected chi connectivity index (χ2v) is 23.4. The molecule has 0 saturated heterocycles. The predicted molar refractivity (Wildman–Crippen MR) is 274 cm³/mol. The molecule has 3 saturated carbocycles. The Morgan fingerprint density at radius 3 is 1.89 bits per heavy atom. The summed E-state index contributed by atoms with van der Waals surface area (Å²) in [6.07, 6.45) is 44.4. The van der Waals surface area contributed by atoms with E-state index < -0.39 is 0 Å². The quantitative estimate of drug-likeness (QED) is 0.0380. The molecule has 6 nitrogen and oxygen atoms in total. The van der Waals surface area contributed by atoms with Gasteiger partial charge in [-0.05, 0) is 156 Å². The first-order chi connectivity index (χ1) is 31.5. The average Bonchev–Trinajstić information content (AvgIpc) is 3.64. The summed E-state index contributed by atoms with van der Waals surface area (Å²) < 4.78 is 11.7. The van der Waals surface area contributed by atoms with Gasteiger partial charge in [-0.3, -0.25) is 9.59 Å². The Labute approximate surface area is 402 Å². The van der Waals surface area contributed by atoms with E-state index in [1.807, 2.05) is 0 Å². The van der Waals surface area contributed by atoms with Crippen LogP contribution in [0.1, 0.15) is 266 Å². The van der Waals surface area contributed by atoms with Gasteiger partial charge in [0.25, 0.3) is 0 Å². The molecule has 8 unspecified atom stereocenters. The summed E-state index contributed by atoms with van der Waals surface area (Å²) in [4.78, 5) is 27.9. The zero-order valence-corrected chi connectivity index (χ0v) is 43.9. The predicted octanol–water partition coefficient (Wildman–Crippen LogP) is 16.2. The van der Waals surface area contributed by atoms with Crippen molar-refractivity contribution in [2.24, 2.45) is 46.3 Å². The minimum absolute atomic E-state index is 0.00380. The molecule has 4 rings (SSSR count). The summed E-state index contributed by atoms with van der Waals surface area (Å²) in [6.45, 7) is 18.9. The van der Waals surface area contributed by atoms with Crippen molar-refractivity contribution in [2.45, 2.75) is 272 Å². The van der Waals surface area contributed by atoms with Crippen molar-refractivity contribution < 1.29 is 24.2 Å². The van der Waals surface area contributed by atoms with Gasteiger partial charge >= 0.3 is 11.9 Å². The molecule has 0 heterocycles. The Morgan fingerprint density at radius 1 is 0.662 bits per heavy atom. The normalized spacial score (nSPS) is 26.7. The van der Waals surface area contributed by atoms with E-state index in [1.165, 1.54) is 135 Å². The highest BCUT2D eigenvalue weighted by atomic mass is 16.5. The van der Waals surface area contributed by atoms with Gasteiger partial charge in [-0.15, -0.1) is 0 Å². The standard InChI is InChI=1S/C59H107NO5/c1-7-8-9-10-11-12-13-14-15-16-17-20-28-46-64-56(62)32-22-18-19-24-42-60(44-26-27-45-61)43-25-21-23-33-57(63)65-51-38-40-58(5)50(47-51)34-35-52-54-37-36-53(49(4)31-29-30-48(2)3)59(54,6)41-39-55(52)58/h34,48-49,51-55,61H,7-33,35-47H2,1-6H3. The summed E-state index contributed by atoms with van der Waals surface area (Å²) in [5.41, 5.74) is 2.42. The van der Waals surface area contributed by atoms with E-state index >= 15 is 0 Å². The maximum atomic E-state index is 13.1. The topological polar surface area (TPSA) is 76.1 Å². The van der Waals surface area contributed by atoms with Crippen LogP contribution in [0.3, 0.4) is 0 Å². The number of carbonyl (C=O) groups is 2. The molecule has 1 N–H and O–H groups in total. The smallest absolute Gasteiger partial charge is 0.306 e. The van der Waals surface area contributed by atoms with Crippen LogP contribution in [0.2, 0.25) is 0 Å². The summed E-state index contributed by atoms with van der Waals surface area (Å²) in [7, 11) is 0. The van der Waals surface area contributed by atoms with Crippen LogP contribution < -0.4 is 0 Å². The lowest BCUT2D eigenvalue weighted by molar-refractivity contribution is -0.151. The number of carbonyl (C=O) groups excluding carboxylic acids is 2. The SMILES string of the molecule is CCCCCCCCCCCCCCCOC(=O)CCCCCCN(CCCCO)CCCCCC(=O)OC1CCC2(C)C(=CCC3C2CCC2(C)C(C(C)CCCC(C)C)CCC32)C1. The molecule has 0 spiro atoms. The summed E-state index contributed by atoms with van der Waals surface area (Å²) >= 11 is 0. The van der Waals surface area contributed by atoms with E-state index in [4.69, 9.17) is 9.47 Å². The van der Waals surface area contributed by atoms with Crippen LogP contribution in [0, 0.1) is 46.3 Å². The lowest BCUT2D eigenvalue weighted by Gasteiger charge is -2.58. The molecule has 4 aliphatic rings. The van der Waals surface area contributed by atoms with E-state index in [0.717, 1.165) is 132 Å². The van der Waals surface area contributed by atoms with E-state index in [2.05, 4.69) is 52.5 Å². The molecule has 65 heavy (non-hydrogen) atoms. The van der Waals surface area contributed by atoms with E-state index in [-0.39, 0.29) is 30.1 Å². The maximum absolute atomic E-state index is 13.1. The Hall–Kier alpha value is -1.40. The molecular weight excluding hydrogens is 803 g/mol. The summed E-state index contributed by atoms with van der Waals surface area (Å²) in [6, 6.07) is 0. The van der Waals surface area contributed by atoms with Crippen molar-refractivity contribution in [2.75, 3.05) is 32.8 Å². The number of fused-ring (bicyclic) bond motifs is 5. The van der Waals surface area contributed by atoms with Crippen molar-refractivity contribution in [3.63, 3.8) is 0 Å². The van der Waals surface area contributed by atoms with Gasteiger partial charge in [0.15, 0.2) is 0 Å². The molecule has 0 aromatic rings. The Kier molecular flexibility index (Phi) is 27.4. The number of rotatable bonds is 37.